The minimum atomic E-state index is -0.374. The Balaban J connectivity index is 1.43. The van der Waals surface area contributed by atoms with Crippen LogP contribution < -0.4 is 14.2 Å². The van der Waals surface area contributed by atoms with E-state index in [1.54, 1.807) is 7.11 Å². The predicted molar refractivity (Wildman–Crippen MR) is 88.8 cm³/mol. The monoisotopic (exact) mass is 346 g/mol. The minimum Gasteiger partial charge on any atom is -0.493 e. The van der Waals surface area contributed by atoms with E-state index in [0.29, 0.717) is 30.2 Å². The number of fused-ring (bicyclic) bond motifs is 1. The number of methoxy groups -OCH3 is 1. The van der Waals surface area contributed by atoms with Crippen molar-refractivity contribution in [2.45, 2.75) is 26.0 Å². The third-order valence-electron chi connectivity index (χ3n) is 4.75. The van der Waals surface area contributed by atoms with Crippen LogP contribution >= 0.6 is 0 Å². The van der Waals surface area contributed by atoms with E-state index in [0.717, 1.165) is 30.1 Å². The first-order valence-corrected chi connectivity index (χ1v) is 8.41. The van der Waals surface area contributed by atoms with E-state index in [-0.39, 0.29) is 18.8 Å². The van der Waals surface area contributed by atoms with E-state index in [9.17, 15) is 5.11 Å². The summed E-state index contributed by atoms with van der Waals surface area (Å²) < 4.78 is 21.6. The molecule has 2 aliphatic rings. The average molecular weight is 346 g/mol. The number of aliphatic hydroxyl groups excluding tert-OH is 1. The molecule has 25 heavy (non-hydrogen) atoms. The van der Waals surface area contributed by atoms with Crippen LogP contribution in [0.25, 0.3) is 0 Å². The summed E-state index contributed by atoms with van der Waals surface area (Å²) in [5.41, 5.74) is 1.94. The smallest absolute Gasteiger partial charge is 0.231 e. The molecule has 4 rings (SSSR count). The Bertz CT molecular complexity index is 760. The van der Waals surface area contributed by atoms with Gasteiger partial charge >= 0.3 is 0 Å². The molecule has 0 spiro atoms. The number of aryl methyl sites for hydroxylation is 1. The highest BCUT2D eigenvalue weighted by Gasteiger charge is 2.32. The SMILES string of the molecule is COc1cc(CN2C[C@@H](Cc3cc(C)no3)[C@H](O)C2)cc2c1OCO2. The Hall–Kier alpha value is -2.25. The predicted octanol–water partition coefficient (Wildman–Crippen LogP) is 1.76. The third kappa shape index (κ3) is 3.29. The van der Waals surface area contributed by atoms with Crippen LogP contribution in [0.5, 0.6) is 17.2 Å². The summed E-state index contributed by atoms with van der Waals surface area (Å²) in [5.74, 6) is 3.02. The highest BCUT2D eigenvalue weighted by atomic mass is 16.7. The molecule has 1 aromatic carbocycles. The van der Waals surface area contributed by atoms with Gasteiger partial charge in [0, 0.05) is 38.0 Å². The molecule has 2 atom stereocenters. The highest BCUT2D eigenvalue weighted by Crippen LogP contribution is 2.42. The van der Waals surface area contributed by atoms with E-state index in [1.165, 1.54) is 0 Å². The summed E-state index contributed by atoms with van der Waals surface area (Å²) in [6, 6.07) is 5.87. The number of aromatic nitrogens is 1. The van der Waals surface area contributed by atoms with Gasteiger partial charge in [-0.25, -0.2) is 0 Å². The molecule has 2 aromatic rings. The van der Waals surface area contributed by atoms with Crippen LogP contribution in [0.4, 0.5) is 0 Å². The van der Waals surface area contributed by atoms with E-state index in [2.05, 4.69) is 10.1 Å². The molecule has 0 saturated carbocycles. The lowest BCUT2D eigenvalue weighted by Gasteiger charge is -2.16. The fourth-order valence-electron chi connectivity index (χ4n) is 3.58. The molecule has 1 saturated heterocycles. The van der Waals surface area contributed by atoms with Gasteiger partial charge in [-0.2, -0.15) is 0 Å². The summed E-state index contributed by atoms with van der Waals surface area (Å²) in [6.45, 7) is 4.27. The van der Waals surface area contributed by atoms with Gasteiger partial charge in [0.1, 0.15) is 5.76 Å². The lowest BCUT2D eigenvalue weighted by Crippen LogP contribution is -2.21. The van der Waals surface area contributed by atoms with Crippen LogP contribution in [0.15, 0.2) is 22.7 Å². The van der Waals surface area contributed by atoms with Crippen molar-refractivity contribution in [2.24, 2.45) is 5.92 Å². The van der Waals surface area contributed by atoms with Crippen LogP contribution in [-0.2, 0) is 13.0 Å². The maximum atomic E-state index is 10.4. The summed E-state index contributed by atoms with van der Waals surface area (Å²) in [5, 5.41) is 14.3. The molecule has 1 aromatic heterocycles. The van der Waals surface area contributed by atoms with Crippen molar-refractivity contribution in [2.75, 3.05) is 27.0 Å². The Morgan fingerprint density at radius 2 is 2.16 bits per heavy atom. The zero-order chi connectivity index (χ0) is 17.4. The van der Waals surface area contributed by atoms with Gasteiger partial charge in [-0.1, -0.05) is 5.16 Å². The number of likely N-dealkylation sites (tertiary alicyclic amines) is 1. The van der Waals surface area contributed by atoms with Crippen molar-refractivity contribution in [3.63, 3.8) is 0 Å². The first-order valence-electron chi connectivity index (χ1n) is 8.41. The van der Waals surface area contributed by atoms with Crippen LogP contribution in [-0.4, -0.2) is 48.3 Å². The second-order valence-corrected chi connectivity index (χ2v) is 6.69. The average Bonchev–Trinajstić information content (AvgIpc) is 3.29. The number of β-amino-alcohol motifs (C(OH)–C–C–N with tert-alkyl or cyclic N) is 1. The number of ether oxygens (including phenoxy) is 3. The van der Waals surface area contributed by atoms with Gasteiger partial charge in [0.25, 0.3) is 0 Å². The molecule has 134 valence electrons. The second-order valence-electron chi connectivity index (χ2n) is 6.69. The zero-order valence-electron chi connectivity index (χ0n) is 14.4. The van der Waals surface area contributed by atoms with E-state index in [4.69, 9.17) is 18.7 Å². The maximum Gasteiger partial charge on any atom is 0.231 e. The number of hydrogen-bond donors (Lipinski definition) is 1. The molecule has 0 bridgehead atoms. The van der Waals surface area contributed by atoms with Crippen LogP contribution in [0.2, 0.25) is 0 Å². The zero-order valence-corrected chi connectivity index (χ0v) is 14.4. The summed E-state index contributed by atoms with van der Waals surface area (Å²) in [4.78, 5) is 2.23. The van der Waals surface area contributed by atoms with Gasteiger partial charge in [-0.15, -0.1) is 0 Å². The van der Waals surface area contributed by atoms with Gasteiger partial charge in [0.05, 0.1) is 18.9 Å². The molecular weight excluding hydrogens is 324 g/mol. The molecule has 0 unspecified atom stereocenters. The third-order valence-corrected chi connectivity index (χ3v) is 4.75. The number of benzene rings is 1. The topological polar surface area (TPSA) is 77.2 Å². The van der Waals surface area contributed by atoms with E-state index < -0.39 is 0 Å². The fraction of sp³-hybridized carbons (Fsp3) is 0.500. The van der Waals surface area contributed by atoms with Crippen LogP contribution in [0.3, 0.4) is 0 Å². The number of rotatable bonds is 5. The number of aliphatic hydroxyl groups is 1. The van der Waals surface area contributed by atoms with Gasteiger partial charge < -0.3 is 23.8 Å². The molecule has 0 amide bonds. The Kier molecular flexibility index (Phi) is 4.27. The number of hydrogen-bond acceptors (Lipinski definition) is 7. The molecule has 0 aliphatic carbocycles. The van der Waals surface area contributed by atoms with Gasteiger partial charge in [-0.05, 0) is 24.6 Å². The molecular formula is C18H22N2O5. The van der Waals surface area contributed by atoms with Crippen molar-refractivity contribution in [1.82, 2.24) is 10.1 Å². The Morgan fingerprint density at radius 3 is 2.92 bits per heavy atom. The van der Waals surface area contributed by atoms with Crippen LogP contribution in [0.1, 0.15) is 17.0 Å². The highest BCUT2D eigenvalue weighted by molar-refractivity contribution is 5.55. The lowest BCUT2D eigenvalue weighted by atomic mass is 10.0. The van der Waals surface area contributed by atoms with E-state index in [1.807, 2.05) is 25.1 Å². The summed E-state index contributed by atoms with van der Waals surface area (Å²) in [7, 11) is 1.62. The molecule has 1 fully saturated rings. The molecule has 3 heterocycles. The summed E-state index contributed by atoms with van der Waals surface area (Å²) >= 11 is 0. The summed E-state index contributed by atoms with van der Waals surface area (Å²) in [6.07, 6.45) is 0.324. The quantitative estimate of drug-likeness (QED) is 0.884. The first kappa shape index (κ1) is 16.2. The fourth-order valence-corrected chi connectivity index (χ4v) is 3.58. The molecule has 1 N–H and O–H groups in total. The normalized spacial score (nSPS) is 22.5. The lowest BCUT2D eigenvalue weighted by molar-refractivity contribution is 0.137. The van der Waals surface area contributed by atoms with Crippen molar-refractivity contribution >= 4 is 0 Å². The standard InChI is InChI=1S/C18H22N2O5/c1-11-3-14(25-19-11)6-13-8-20(9-15(13)21)7-12-4-16(22-2)18-17(5-12)23-10-24-18/h3-5,13,15,21H,6-10H2,1-2H3/t13-,15-/m1/s1. The van der Waals surface area contributed by atoms with Gasteiger partial charge in [0.15, 0.2) is 11.5 Å². The minimum absolute atomic E-state index is 0.142. The van der Waals surface area contributed by atoms with Crippen molar-refractivity contribution < 1.29 is 23.8 Å². The molecule has 7 nitrogen and oxygen atoms in total. The van der Waals surface area contributed by atoms with Crippen molar-refractivity contribution in [3.8, 4) is 17.2 Å². The molecule has 2 aliphatic heterocycles. The van der Waals surface area contributed by atoms with Crippen LogP contribution in [0, 0.1) is 12.8 Å². The largest absolute Gasteiger partial charge is 0.493 e. The van der Waals surface area contributed by atoms with Crippen molar-refractivity contribution in [1.29, 1.82) is 0 Å². The Labute approximate surface area is 146 Å². The van der Waals surface area contributed by atoms with Crippen molar-refractivity contribution in [3.05, 3.63) is 35.2 Å². The number of nitrogens with zero attached hydrogens (tertiary/aromatic N) is 2. The maximum absolute atomic E-state index is 10.4. The molecule has 7 heteroatoms. The van der Waals surface area contributed by atoms with E-state index >= 15 is 0 Å². The van der Waals surface area contributed by atoms with Gasteiger partial charge in [-0.3, -0.25) is 4.90 Å². The Morgan fingerprint density at radius 1 is 1.28 bits per heavy atom. The molecule has 0 radical (unpaired) electrons. The first-order chi connectivity index (χ1) is 12.1. The van der Waals surface area contributed by atoms with Gasteiger partial charge in [0.2, 0.25) is 12.5 Å². The second kappa shape index (κ2) is 6.57.